The summed E-state index contributed by atoms with van der Waals surface area (Å²) >= 11 is 0. The van der Waals surface area contributed by atoms with Gasteiger partial charge in [0.25, 0.3) is 0 Å². The molecule has 56 heavy (non-hydrogen) atoms. The zero-order valence-corrected chi connectivity index (χ0v) is 39.8. The number of carbonyl (C=O) groups is 2. The molecule has 0 fully saturated rings. The topological polar surface area (TPSA) is 72.8 Å². The molecule has 336 valence electrons. The number of carbonyl (C=O) groups excluding carboxylic acids is 2. The molecule has 7 heteroatoms. The van der Waals surface area contributed by atoms with Gasteiger partial charge >= 0.3 is 11.9 Å². The minimum absolute atomic E-state index is 0. The van der Waals surface area contributed by atoms with Crippen LogP contribution in [0.25, 0.3) is 0 Å². The summed E-state index contributed by atoms with van der Waals surface area (Å²) in [6.07, 6.45) is 46.1. The van der Waals surface area contributed by atoms with E-state index in [1.165, 1.54) is 186 Å². The van der Waals surface area contributed by atoms with E-state index in [-0.39, 0.29) is 35.5 Å². The summed E-state index contributed by atoms with van der Waals surface area (Å²) in [5.74, 6) is -0.295. The average Bonchev–Trinajstić information content (AvgIpc) is 3.16. The summed E-state index contributed by atoms with van der Waals surface area (Å²) in [6, 6.07) is 0. The Bertz CT molecular complexity index is 809. The Morgan fingerprint density at radius 3 is 1.11 bits per heavy atom. The van der Waals surface area contributed by atoms with E-state index in [0.29, 0.717) is 26.0 Å². The molecule has 0 saturated carbocycles. The Kier molecular flexibility index (Phi) is 46.6. The van der Waals surface area contributed by atoms with Crippen LogP contribution in [-0.4, -0.2) is 68.0 Å². The largest absolute Gasteiger partial charge is 1.00 e. The molecule has 0 aromatic heterocycles. The molecule has 0 radical (unpaired) electrons. The van der Waals surface area contributed by atoms with Crippen molar-refractivity contribution in [2.75, 3.05) is 40.4 Å². The highest BCUT2D eigenvalue weighted by Crippen LogP contribution is 2.17. The quantitative estimate of drug-likeness (QED) is 0.0375. The van der Waals surface area contributed by atoms with Crippen LogP contribution in [0.1, 0.15) is 258 Å². The van der Waals surface area contributed by atoms with Crippen LogP contribution >= 0.6 is 0 Å². The van der Waals surface area contributed by atoms with E-state index >= 15 is 0 Å². The van der Waals surface area contributed by atoms with Gasteiger partial charge < -0.3 is 36.0 Å². The Balaban J connectivity index is 0. The van der Waals surface area contributed by atoms with Gasteiger partial charge in [0.05, 0.1) is 20.6 Å². The highest BCUT2D eigenvalue weighted by Gasteiger charge is 2.26. The molecule has 1 atom stereocenters. The van der Waals surface area contributed by atoms with Crippen LogP contribution in [0.15, 0.2) is 0 Å². The number of hydrogen-bond acceptors (Lipinski definition) is 5. The summed E-state index contributed by atoms with van der Waals surface area (Å²) in [6.45, 7) is 6.74. The minimum Gasteiger partial charge on any atom is -1.00 e. The van der Waals surface area contributed by atoms with Gasteiger partial charge in [0.2, 0.25) is 0 Å². The van der Waals surface area contributed by atoms with Gasteiger partial charge in [0.15, 0.2) is 6.10 Å². The molecule has 0 aliphatic carbocycles. The maximum Gasteiger partial charge on any atom is 0.306 e. The molecule has 1 N–H and O–H groups in total. The molecule has 0 spiro atoms. The van der Waals surface area contributed by atoms with Gasteiger partial charge in [-0.15, -0.1) is 0 Å². The van der Waals surface area contributed by atoms with Crippen LogP contribution in [0.3, 0.4) is 0 Å². The van der Waals surface area contributed by atoms with E-state index in [4.69, 9.17) is 14.6 Å². The Morgan fingerprint density at radius 1 is 0.446 bits per heavy atom. The molecular weight excluding hydrogens is 762 g/mol. The molecule has 0 rings (SSSR count). The number of ether oxygens (including phenoxy) is 2. The smallest absolute Gasteiger partial charge is 0.306 e. The summed E-state index contributed by atoms with van der Waals surface area (Å²) in [5, 5.41) is 8.93. The number of rotatable bonds is 45. The summed E-state index contributed by atoms with van der Waals surface area (Å²) < 4.78 is 12.5. The first kappa shape index (κ1) is 57.4. The molecule has 0 bridgehead atoms. The molecule has 0 aromatic carbocycles. The summed E-state index contributed by atoms with van der Waals surface area (Å²) in [5.41, 5.74) is 0. The summed E-state index contributed by atoms with van der Waals surface area (Å²) in [4.78, 5) is 25.7. The van der Waals surface area contributed by atoms with Crippen molar-refractivity contribution < 1.29 is 45.6 Å². The lowest BCUT2D eigenvalue weighted by Crippen LogP contribution is -3.00. The summed E-state index contributed by atoms with van der Waals surface area (Å²) in [7, 11) is 4.43. The fourth-order valence-corrected chi connectivity index (χ4v) is 7.91. The lowest BCUT2D eigenvalue weighted by molar-refractivity contribution is -0.893. The van der Waals surface area contributed by atoms with Gasteiger partial charge in [0.1, 0.15) is 13.2 Å². The van der Waals surface area contributed by atoms with Crippen LogP contribution in [0.2, 0.25) is 0 Å². The highest BCUT2D eigenvalue weighted by atomic mass is 79.9. The molecule has 1 unspecified atom stereocenters. The number of aliphatic hydroxyl groups excluding tert-OH is 1. The Hall–Kier alpha value is -0.660. The molecular formula is C49H98BrNO5. The third kappa shape index (κ3) is 44.4. The van der Waals surface area contributed by atoms with Gasteiger partial charge in [-0.2, -0.15) is 0 Å². The number of aliphatic hydroxyl groups is 1. The average molecular weight is 861 g/mol. The zero-order valence-electron chi connectivity index (χ0n) is 38.2. The van der Waals surface area contributed by atoms with Gasteiger partial charge in [-0.25, -0.2) is 0 Å². The van der Waals surface area contributed by atoms with Crippen LogP contribution < -0.4 is 17.0 Å². The van der Waals surface area contributed by atoms with Crippen molar-refractivity contribution in [1.82, 2.24) is 0 Å². The van der Waals surface area contributed by atoms with Gasteiger partial charge in [-0.1, -0.05) is 213 Å². The fraction of sp³-hybridized carbons (Fsp3) is 0.959. The van der Waals surface area contributed by atoms with E-state index in [1.807, 2.05) is 0 Å². The Labute approximate surface area is 360 Å². The fourth-order valence-electron chi connectivity index (χ4n) is 7.91. The second-order valence-corrected chi connectivity index (χ2v) is 17.9. The highest BCUT2D eigenvalue weighted by molar-refractivity contribution is 5.70. The van der Waals surface area contributed by atoms with E-state index in [9.17, 15) is 9.59 Å². The van der Waals surface area contributed by atoms with Crippen LogP contribution in [0.4, 0.5) is 0 Å². The maximum atomic E-state index is 13.0. The second-order valence-electron chi connectivity index (χ2n) is 17.9. The minimum atomic E-state index is -0.397. The molecule has 0 aromatic rings. The molecule has 0 aliphatic heterocycles. The third-order valence-electron chi connectivity index (χ3n) is 11.6. The number of halogens is 1. The van der Waals surface area contributed by atoms with Crippen molar-refractivity contribution in [3.8, 4) is 0 Å². The lowest BCUT2D eigenvalue weighted by atomic mass is 10.0. The first-order valence-corrected chi connectivity index (χ1v) is 24.6. The van der Waals surface area contributed by atoms with Crippen LogP contribution in [-0.2, 0) is 19.1 Å². The molecule has 0 saturated heterocycles. The van der Waals surface area contributed by atoms with Gasteiger partial charge in [-0.05, 0) is 32.1 Å². The van der Waals surface area contributed by atoms with Crippen molar-refractivity contribution in [3.05, 3.63) is 0 Å². The molecule has 0 aliphatic rings. The van der Waals surface area contributed by atoms with E-state index in [0.717, 1.165) is 56.0 Å². The normalized spacial score (nSPS) is 12.1. The van der Waals surface area contributed by atoms with Crippen LogP contribution in [0.5, 0.6) is 0 Å². The maximum absolute atomic E-state index is 13.0. The monoisotopic (exact) mass is 860 g/mol. The molecule has 0 heterocycles. The van der Waals surface area contributed by atoms with Crippen molar-refractivity contribution in [2.24, 2.45) is 0 Å². The predicted molar refractivity (Wildman–Crippen MR) is 237 cm³/mol. The molecule has 0 amide bonds. The number of likely N-dealkylation sites (N-methyl/N-ethyl adjacent to an activating group) is 1. The first-order valence-electron chi connectivity index (χ1n) is 24.6. The van der Waals surface area contributed by atoms with Crippen molar-refractivity contribution in [2.45, 2.75) is 264 Å². The number of unbranched alkanes of at least 4 members (excludes halogenated alkanes) is 33. The molecule has 6 nitrogen and oxygen atoms in total. The van der Waals surface area contributed by atoms with Crippen molar-refractivity contribution >= 4 is 11.9 Å². The standard InChI is InChI=1S/C49H98NO5.BrH/c1-5-7-9-11-13-15-17-19-21-25-29-33-37-41-48(52)54-46-47(45-50(3,4)43-39-35-31-27-23-24-28-32-36-40-44-51)55-49(53)42-38-34-30-26-22-20-18-16-14-12-10-8-6-2;/h47,51H,5-46H2,1-4H3;1H/q+1;/p-1. The van der Waals surface area contributed by atoms with E-state index in [2.05, 4.69) is 27.9 Å². The van der Waals surface area contributed by atoms with E-state index in [1.54, 1.807) is 0 Å². The zero-order chi connectivity index (χ0) is 40.3. The number of quaternary nitrogens is 1. The van der Waals surface area contributed by atoms with Gasteiger partial charge in [0, 0.05) is 19.4 Å². The van der Waals surface area contributed by atoms with Crippen molar-refractivity contribution in [3.63, 3.8) is 0 Å². The van der Waals surface area contributed by atoms with Crippen LogP contribution in [0, 0.1) is 0 Å². The lowest BCUT2D eigenvalue weighted by Gasteiger charge is -2.33. The SMILES string of the molecule is CCCCCCCCCCCCCCCC(=O)OCC(C[N+](C)(C)CCCCCCCCCCCCO)OC(=O)CCCCCCCCCCCCCCC.[Br-]. The predicted octanol–water partition coefficient (Wildman–Crippen LogP) is 11.4. The second kappa shape index (κ2) is 45.4. The Morgan fingerprint density at radius 2 is 0.750 bits per heavy atom. The first-order chi connectivity index (χ1) is 26.8. The number of nitrogens with zero attached hydrogens (tertiary/aromatic N) is 1. The van der Waals surface area contributed by atoms with Gasteiger partial charge in [-0.3, -0.25) is 9.59 Å². The third-order valence-corrected chi connectivity index (χ3v) is 11.6. The number of esters is 2. The van der Waals surface area contributed by atoms with Crippen molar-refractivity contribution in [1.29, 1.82) is 0 Å². The number of hydrogen-bond donors (Lipinski definition) is 1. The van der Waals surface area contributed by atoms with E-state index < -0.39 is 6.10 Å².